The second kappa shape index (κ2) is 5.90. The Morgan fingerprint density at radius 2 is 1.71 bits per heavy atom. The molecule has 0 aromatic heterocycles. The lowest BCUT2D eigenvalue weighted by atomic mass is 9.60. The summed E-state index contributed by atoms with van der Waals surface area (Å²) >= 11 is 0. The van der Waals surface area contributed by atoms with E-state index < -0.39 is 6.10 Å². The Hall–Kier alpha value is -1.80. The molecule has 2 aromatic rings. The highest BCUT2D eigenvalue weighted by molar-refractivity contribution is 5.36. The predicted octanol–water partition coefficient (Wildman–Crippen LogP) is 4.24. The van der Waals surface area contributed by atoms with Gasteiger partial charge >= 0.3 is 0 Å². The summed E-state index contributed by atoms with van der Waals surface area (Å²) in [4.78, 5) is 0. The molecule has 0 bridgehead atoms. The summed E-state index contributed by atoms with van der Waals surface area (Å²) in [5, 5.41) is 10.9. The summed E-state index contributed by atoms with van der Waals surface area (Å²) < 4.78 is 5.47. The van der Waals surface area contributed by atoms with Gasteiger partial charge in [-0.2, -0.15) is 0 Å². The number of benzene rings is 2. The van der Waals surface area contributed by atoms with Gasteiger partial charge in [-0.3, -0.25) is 0 Å². The molecule has 2 nitrogen and oxygen atoms in total. The van der Waals surface area contributed by atoms with Crippen LogP contribution < -0.4 is 4.74 Å². The van der Waals surface area contributed by atoms with Crippen LogP contribution in [-0.2, 0) is 5.41 Å². The summed E-state index contributed by atoms with van der Waals surface area (Å²) in [6, 6.07) is 18.3. The SMILES string of the molecule is CCOc1ccc(C(O)C2(c3ccccc3)CCC2)cc1. The van der Waals surface area contributed by atoms with Crippen molar-refractivity contribution < 1.29 is 9.84 Å². The number of hydrogen-bond acceptors (Lipinski definition) is 2. The van der Waals surface area contributed by atoms with Crippen molar-refractivity contribution in [3.05, 3.63) is 65.7 Å². The second-order valence-electron chi connectivity index (χ2n) is 5.78. The van der Waals surface area contributed by atoms with Crippen LogP contribution in [0.2, 0.25) is 0 Å². The molecule has 1 saturated carbocycles. The Balaban J connectivity index is 1.87. The average Bonchev–Trinajstić information content (AvgIpc) is 2.48. The summed E-state index contributed by atoms with van der Waals surface area (Å²) in [7, 11) is 0. The quantitative estimate of drug-likeness (QED) is 0.888. The summed E-state index contributed by atoms with van der Waals surface area (Å²) in [6.07, 6.45) is 2.82. The first-order valence-electron chi connectivity index (χ1n) is 7.72. The number of aliphatic hydroxyl groups excluding tert-OH is 1. The molecule has 0 heterocycles. The van der Waals surface area contributed by atoms with Gasteiger partial charge in [-0.05, 0) is 43.0 Å². The van der Waals surface area contributed by atoms with Gasteiger partial charge in [-0.1, -0.05) is 48.9 Å². The maximum atomic E-state index is 10.9. The number of hydrogen-bond donors (Lipinski definition) is 1. The monoisotopic (exact) mass is 282 g/mol. The van der Waals surface area contributed by atoms with Gasteiger partial charge in [-0.25, -0.2) is 0 Å². The van der Waals surface area contributed by atoms with E-state index in [4.69, 9.17) is 4.74 Å². The van der Waals surface area contributed by atoms with Crippen molar-refractivity contribution in [2.45, 2.75) is 37.7 Å². The highest BCUT2D eigenvalue weighted by Gasteiger charge is 2.45. The Morgan fingerprint density at radius 1 is 1.05 bits per heavy atom. The van der Waals surface area contributed by atoms with E-state index in [1.807, 2.05) is 37.3 Å². The lowest BCUT2D eigenvalue weighted by Crippen LogP contribution is -2.40. The van der Waals surface area contributed by atoms with Crippen molar-refractivity contribution in [3.63, 3.8) is 0 Å². The van der Waals surface area contributed by atoms with Gasteiger partial charge in [0.2, 0.25) is 0 Å². The fourth-order valence-electron chi connectivity index (χ4n) is 3.28. The van der Waals surface area contributed by atoms with Crippen LogP contribution in [0.25, 0.3) is 0 Å². The molecule has 3 rings (SSSR count). The molecule has 1 atom stereocenters. The fourth-order valence-corrected chi connectivity index (χ4v) is 3.28. The third-order valence-electron chi connectivity index (χ3n) is 4.62. The summed E-state index contributed by atoms with van der Waals surface area (Å²) in [6.45, 7) is 2.64. The minimum absolute atomic E-state index is 0.117. The van der Waals surface area contributed by atoms with Gasteiger partial charge in [0.25, 0.3) is 0 Å². The van der Waals surface area contributed by atoms with E-state index in [1.54, 1.807) is 0 Å². The molecule has 0 amide bonds. The smallest absolute Gasteiger partial charge is 0.119 e. The molecule has 21 heavy (non-hydrogen) atoms. The van der Waals surface area contributed by atoms with Crippen LogP contribution in [0.4, 0.5) is 0 Å². The molecule has 110 valence electrons. The first-order chi connectivity index (χ1) is 10.3. The fraction of sp³-hybridized carbons (Fsp3) is 0.368. The lowest BCUT2D eigenvalue weighted by Gasteiger charge is -2.46. The zero-order chi connectivity index (χ0) is 14.7. The van der Waals surface area contributed by atoms with Crippen LogP contribution in [0.15, 0.2) is 54.6 Å². The van der Waals surface area contributed by atoms with E-state index in [2.05, 4.69) is 24.3 Å². The van der Waals surface area contributed by atoms with Crippen molar-refractivity contribution in [1.82, 2.24) is 0 Å². The van der Waals surface area contributed by atoms with Crippen LogP contribution in [0.5, 0.6) is 5.75 Å². The topological polar surface area (TPSA) is 29.5 Å². The van der Waals surface area contributed by atoms with E-state index in [-0.39, 0.29) is 5.41 Å². The molecule has 1 N–H and O–H groups in total. The van der Waals surface area contributed by atoms with Gasteiger partial charge in [0, 0.05) is 5.41 Å². The number of rotatable bonds is 5. The predicted molar refractivity (Wildman–Crippen MR) is 84.5 cm³/mol. The van der Waals surface area contributed by atoms with Crippen molar-refractivity contribution in [1.29, 1.82) is 0 Å². The van der Waals surface area contributed by atoms with Crippen LogP contribution in [0.1, 0.15) is 43.4 Å². The van der Waals surface area contributed by atoms with Gasteiger partial charge in [-0.15, -0.1) is 0 Å². The van der Waals surface area contributed by atoms with E-state index in [9.17, 15) is 5.11 Å². The second-order valence-corrected chi connectivity index (χ2v) is 5.78. The first kappa shape index (κ1) is 14.2. The molecule has 1 aliphatic carbocycles. The van der Waals surface area contributed by atoms with Crippen LogP contribution in [0.3, 0.4) is 0 Å². The third kappa shape index (κ3) is 2.56. The molecule has 0 radical (unpaired) electrons. The third-order valence-corrected chi connectivity index (χ3v) is 4.62. The zero-order valence-corrected chi connectivity index (χ0v) is 12.5. The maximum Gasteiger partial charge on any atom is 0.119 e. The van der Waals surface area contributed by atoms with E-state index >= 15 is 0 Å². The van der Waals surface area contributed by atoms with Gasteiger partial charge < -0.3 is 9.84 Å². The van der Waals surface area contributed by atoms with Crippen molar-refractivity contribution in [2.75, 3.05) is 6.61 Å². The Bertz CT molecular complexity index is 570. The molecule has 0 spiro atoms. The highest BCUT2D eigenvalue weighted by Crippen LogP contribution is 2.52. The van der Waals surface area contributed by atoms with E-state index in [1.165, 1.54) is 12.0 Å². The highest BCUT2D eigenvalue weighted by atomic mass is 16.5. The van der Waals surface area contributed by atoms with Gasteiger partial charge in [0.1, 0.15) is 5.75 Å². The normalized spacial score (nSPS) is 17.8. The molecular weight excluding hydrogens is 260 g/mol. The molecule has 2 aromatic carbocycles. The summed E-state index contributed by atoms with van der Waals surface area (Å²) in [5.41, 5.74) is 2.11. The van der Waals surface area contributed by atoms with Crippen LogP contribution >= 0.6 is 0 Å². The van der Waals surface area contributed by atoms with Crippen LogP contribution in [-0.4, -0.2) is 11.7 Å². The average molecular weight is 282 g/mol. The van der Waals surface area contributed by atoms with Gasteiger partial charge in [0.05, 0.1) is 12.7 Å². The Morgan fingerprint density at radius 3 is 2.24 bits per heavy atom. The Labute approximate surface area is 126 Å². The maximum absolute atomic E-state index is 10.9. The molecule has 0 saturated heterocycles. The molecule has 1 unspecified atom stereocenters. The zero-order valence-electron chi connectivity index (χ0n) is 12.5. The van der Waals surface area contributed by atoms with Crippen LogP contribution in [0, 0.1) is 0 Å². The van der Waals surface area contributed by atoms with Gasteiger partial charge in [0.15, 0.2) is 0 Å². The Kier molecular flexibility index (Phi) is 3.98. The summed E-state index contributed by atoms with van der Waals surface area (Å²) in [5.74, 6) is 0.857. The van der Waals surface area contributed by atoms with Crippen molar-refractivity contribution in [3.8, 4) is 5.75 Å². The minimum Gasteiger partial charge on any atom is -0.494 e. The largest absolute Gasteiger partial charge is 0.494 e. The molecule has 1 aliphatic rings. The number of ether oxygens (including phenoxy) is 1. The molecule has 2 heteroatoms. The van der Waals surface area contributed by atoms with E-state index in [0.29, 0.717) is 6.61 Å². The lowest BCUT2D eigenvalue weighted by molar-refractivity contribution is 0.0268. The molecule has 1 fully saturated rings. The molecule has 0 aliphatic heterocycles. The van der Waals surface area contributed by atoms with Crippen molar-refractivity contribution in [2.24, 2.45) is 0 Å². The van der Waals surface area contributed by atoms with Crippen molar-refractivity contribution >= 4 is 0 Å². The standard InChI is InChI=1S/C19H22O2/c1-2-21-17-11-9-15(10-12-17)18(20)19(13-6-14-19)16-7-4-3-5-8-16/h3-5,7-12,18,20H,2,6,13-14H2,1H3. The van der Waals surface area contributed by atoms with E-state index in [0.717, 1.165) is 24.2 Å². The minimum atomic E-state index is -0.454. The first-order valence-corrected chi connectivity index (χ1v) is 7.72. The number of aliphatic hydroxyl groups is 1. The molecular formula is C19H22O2.